The molecule has 0 saturated carbocycles. The Hall–Kier alpha value is -5.11. The average molecular weight is 552 g/mol. The second kappa shape index (κ2) is 12.0. The minimum Gasteiger partial charge on any atom is -0.435 e. The fourth-order valence-corrected chi connectivity index (χ4v) is 4.43. The van der Waals surface area contributed by atoms with Crippen LogP contribution in [0.4, 0.5) is 14.5 Å². The van der Waals surface area contributed by atoms with Gasteiger partial charge in [-0.25, -0.2) is 13.8 Å². The molecular formula is C33H27F2N3O3. The molecule has 5 aromatic rings. The van der Waals surface area contributed by atoms with Gasteiger partial charge in [-0.1, -0.05) is 72.8 Å². The van der Waals surface area contributed by atoms with Crippen molar-refractivity contribution in [2.45, 2.75) is 25.8 Å². The summed E-state index contributed by atoms with van der Waals surface area (Å²) in [5.74, 6) is -3.32. The topological polar surface area (TPSA) is 84.2 Å². The molecule has 0 aliphatic carbocycles. The van der Waals surface area contributed by atoms with Gasteiger partial charge >= 0.3 is 0 Å². The van der Waals surface area contributed by atoms with Crippen LogP contribution >= 0.6 is 0 Å². The van der Waals surface area contributed by atoms with Crippen molar-refractivity contribution in [1.29, 1.82) is 0 Å². The summed E-state index contributed by atoms with van der Waals surface area (Å²) in [6.45, 7) is 0.709. The summed E-state index contributed by atoms with van der Waals surface area (Å²) in [7, 11) is 0. The van der Waals surface area contributed by atoms with Crippen LogP contribution in [0.5, 0.6) is 0 Å². The Balaban J connectivity index is 1.38. The van der Waals surface area contributed by atoms with Crippen molar-refractivity contribution in [2.75, 3.05) is 5.32 Å². The number of halogens is 2. The summed E-state index contributed by atoms with van der Waals surface area (Å²) in [5.41, 5.74) is 2.89. The number of amides is 2. The van der Waals surface area contributed by atoms with Gasteiger partial charge in [0, 0.05) is 35.8 Å². The maximum Gasteiger partial charge on any atom is 0.274 e. The predicted octanol–water partition coefficient (Wildman–Crippen LogP) is 7.23. The maximum atomic E-state index is 14.1. The molecule has 1 aromatic heterocycles. The Labute approximate surface area is 236 Å². The van der Waals surface area contributed by atoms with Gasteiger partial charge in [0.1, 0.15) is 0 Å². The predicted molar refractivity (Wildman–Crippen MR) is 153 cm³/mol. The first-order chi connectivity index (χ1) is 19.8. The van der Waals surface area contributed by atoms with Crippen molar-refractivity contribution < 1.29 is 22.8 Å². The lowest BCUT2D eigenvalue weighted by molar-refractivity contribution is -0.115. The lowest BCUT2D eigenvalue weighted by atomic mass is 10.0. The largest absolute Gasteiger partial charge is 0.435 e. The van der Waals surface area contributed by atoms with E-state index in [4.69, 9.17) is 4.42 Å². The van der Waals surface area contributed by atoms with Gasteiger partial charge in [0.05, 0.1) is 6.42 Å². The molecular weight excluding hydrogens is 524 g/mol. The van der Waals surface area contributed by atoms with Gasteiger partial charge in [-0.15, -0.1) is 0 Å². The van der Waals surface area contributed by atoms with Gasteiger partial charge in [0.15, 0.2) is 11.5 Å². The standard InChI is InChI=1S/C33H27F2N3O3/c1-33(34,35)27-15-9-8-14-25(27)21-36-31(40)29-30(41-32(38-29)24-12-6-3-7-13-24)23-16-18-26(19-17-23)37-28(39)20-22-10-4-2-5-11-22/h2-19H,20-21H2,1H3,(H,36,40)(H,37,39). The fourth-order valence-electron chi connectivity index (χ4n) is 4.43. The monoisotopic (exact) mass is 551 g/mol. The van der Waals surface area contributed by atoms with Crippen molar-refractivity contribution in [1.82, 2.24) is 10.3 Å². The first-order valence-electron chi connectivity index (χ1n) is 13.0. The maximum absolute atomic E-state index is 14.1. The molecule has 0 radical (unpaired) electrons. The molecule has 0 unspecified atom stereocenters. The number of carbonyl (C=O) groups is 2. The first-order valence-corrected chi connectivity index (χ1v) is 13.0. The smallest absolute Gasteiger partial charge is 0.274 e. The Morgan fingerprint density at radius 2 is 1.44 bits per heavy atom. The van der Waals surface area contributed by atoms with Crippen LogP contribution in [0, 0.1) is 0 Å². The molecule has 0 fully saturated rings. The van der Waals surface area contributed by atoms with Gasteiger partial charge in [-0.2, -0.15) is 0 Å². The van der Waals surface area contributed by atoms with Crippen LogP contribution in [-0.4, -0.2) is 16.8 Å². The molecule has 4 aromatic carbocycles. The summed E-state index contributed by atoms with van der Waals surface area (Å²) in [5, 5.41) is 5.58. The fraction of sp³-hybridized carbons (Fsp3) is 0.121. The number of hydrogen-bond donors (Lipinski definition) is 2. The Morgan fingerprint density at radius 3 is 2.12 bits per heavy atom. The van der Waals surface area contributed by atoms with Crippen molar-refractivity contribution in [2.24, 2.45) is 0 Å². The summed E-state index contributed by atoms with van der Waals surface area (Å²) >= 11 is 0. The van der Waals surface area contributed by atoms with E-state index in [-0.39, 0.29) is 41.8 Å². The van der Waals surface area contributed by atoms with E-state index in [0.717, 1.165) is 12.5 Å². The molecule has 41 heavy (non-hydrogen) atoms. The average Bonchev–Trinajstić information content (AvgIpc) is 3.43. The van der Waals surface area contributed by atoms with E-state index in [0.29, 0.717) is 22.4 Å². The zero-order valence-corrected chi connectivity index (χ0v) is 22.2. The van der Waals surface area contributed by atoms with Gasteiger partial charge in [-0.3, -0.25) is 9.59 Å². The number of benzene rings is 4. The molecule has 0 spiro atoms. The van der Waals surface area contributed by atoms with Gasteiger partial charge in [0.2, 0.25) is 11.8 Å². The van der Waals surface area contributed by atoms with Crippen molar-refractivity contribution in [3.63, 3.8) is 0 Å². The Bertz CT molecular complexity index is 1650. The van der Waals surface area contributed by atoms with Crippen LogP contribution in [0.2, 0.25) is 0 Å². The molecule has 2 N–H and O–H groups in total. The van der Waals surface area contributed by atoms with E-state index in [9.17, 15) is 18.4 Å². The van der Waals surface area contributed by atoms with Crippen LogP contribution in [-0.2, 0) is 23.7 Å². The minimum atomic E-state index is -3.06. The number of oxazole rings is 1. The van der Waals surface area contributed by atoms with Gasteiger partial charge < -0.3 is 15.1 Å². The summed E-state index contributed by atoms with van der Waals surface area (Å²) in [4.78, 5) is 30.3. The Kier molecular flexibility index (Phi) is 8.01. The number of hydrogen-bond acceptors (Lipinski definition) is 4. The number of carbonyl (C=O) groups excluding carboxylic acids is 2. The summed E-state index contributed by atoms with van der Waals surface area (Å²) in [6, 6.07) is 31.5. The van der Waals surface area contributed by atoms with Gasteiger partial charge in [0.25, 0.3) is 11.8 Å². The molecule has 0 aliphatic rings. The molecule has 0 atom stereocenters. The van der Waals surface area contributed by atoms with Crippen LogP contribution in [0.25, 0.3) is 22.8 Å². The van der Waals surface area contributed by atoms with Crippen LogP contribution in [0.3, 0.4) is 0 Å². The third-order valence-electron chi connectivity index (χ3n) is 6.43. The molecule has 5 rings (SSSR count). The zero-order valence-electron chi connectivity index (χ0n) is 22.2. The Morgan fingerprint density at radius 1 is 0.805 bits per heavy atom. The highest BCUT2D eigenvalue weighted by Crippen LogP contribution is 2.32. The van der Waals surface area contributed by atoms with Gasteiger partial charge in [-0.05, 0) is 47.5 Å². The third kappa shape index (κ3) is 6.73. The van der Waals surface area contributed by atoms with E-state index in [1.165, 1.54) is 12.1 Å². The van der Waals surface area contributed by atoms with Crippen LogP contribution < -0.4 is 10.6 Å². The van der Waals surface area contributed by atoms with Crippen molar-refractivity contribution in [3.8, 4) is 22.8 Å². The summed E-state index contributed by atoms with van der Waals surface area (Å²) < 4.78 is 34.2. The number of nitrogens with one attached hydrogen (secondary N) is 2. The van der Waals surface area contributed by atoms with E-state index in [1.807, 2.05) is 60.7 Å². The third-order valence-corrected chi connectivity index (χ3v) is 6.43. The normalized spacial score (nSPS) is 11.2. The number of alkyl halides is 2. The van der Waals surface area contributed by atoms with Crippen LogP contribution in [0.15, 0.2) is 114 Å². The molecule has 0 bridgehead atoms. The van der Waals surface area contributed by atoms with Crippen molar-refractivity contribution >= 4 is 17.5 Å². The quantitative estimate of drug-likeness (QED) is 0.202. The number of nitrogens with zero attached hydrogens (tertiary/aromatic N) is 1. The zero-order chi connectivity index (χ0) is 28.8. The van der Waals surface area contributed by atoms with E-state index in [1.54, 1.807) is 36.4 Å². The molecule has 8 heteroatoms. The van der Waals surface area contributed by atoms with Crippen LogP contribution in [0.1, 0.15) is 34.1 Å². The molecule has 2 amide bonds. The van der Waals surface area contributed by atoms with E-state index in [2.05, 4.69) is 15.6 Å². The minimum absolute atomic E-state index is 0.0189. The number of aromatic nitrogens is 1. The first kappa shape index (κ1) is 27.5. The number of anilines is 1. The highest BCUT2D eigenvalue weighted by molar-refractivity contribution is 5.98. The molecule has 206 valence electrons. The number of rotatable bonds is 9. The molecule has 6 nitrogen and oxygen atoms in total. The summed E-state index contributed by atoms with van der Waals surface area (Å²) in [6.07, 6.45) is 0.239. The SMILES string of the molecule is CC(F)(F)c1ccccc1CNC(=O)c1nc(-c2ccccc2)oc1-c1ccc(NC(=O)Cc2ccccc2)cc1. The molecule has 1 heterocycles. The highest BCUT2D eigenvalue weighted by Gasteiger charge is 2.28. The second-order valence-corrected chi connectivity index (χ2v) is 9.58. The van der Waals surface area contributed by atoms with Crippen molar-refractivity contribution in [3.05, 3.63) is 132 Å². The lowest BCUT2D eigenvalue weighted by Crippen LogP contribution is -2.25. The van der Waals surface area contributed by atoms with E-state index >= 15 is 0 Å². The lowest BCUT2D eigenvalue weighted by Gasteiger charge is -2.16. The highest BCUT2D eigenvalue weighted by atomic mass is 19.3. The molecule has 0 saturated heterocycles. The second-order valence-electron chi connectivity index (χ2n) is 9.58. The molecule has 0 aliphatic heterocycles. The van der Waals surface area contributed by atoms with E-state index < -0.39 is 11.8 Å².